The standard InChI is InChI=1S/C13H16N4/c1-3-17(4-2)12-7-5-11(6-8-12)13-15-9-14-10-16-13/h5-10H,3-4H2,1-2H3. The van der Waals surface area contributed by atoms with Crippen LogP contribution in [0, 0.1) is 0 Å². The van der Waals surface area contributed by atoms with Gasteiger partial charge in [-0.25, -0.2) is 15.0 Å². The van der Waals surface area contributed by atoms with Crippen LogP contribution in [0.5, 0.6) is 0 Å². The van der Waals surface area contributed by atoms with Crippen LogP contribution in [0.2, 0.25) is 0 Å². The minimum atomic E-state index is 0.714. The number of anilines is 1. The van der Waals surface area contributed by atoms with Crippen molar-refractivity contribution in [3.8, 4) is 11.4 Å². The molecule has 0 radical (unpaired) electrons. The highest BCUT2D eigenvalue weighted by Gasteiger charge is 2.03. The van der Waals surface area contributed by atoms with Gasteiger partial charge in [0.05, 0.1) is 0 Å². The van der Waals surface area contributed by atoms with Crippen molar-refractivity contribution in [2.45, 2.75) is 13.8 Å². The Hall–Kier alpha value is -1.97. The Labute approximate surface area is 101 Å². The third kappa shape index (κ3) is 2.58. The van der Waals surface area contributed by atoms with Gasteiger partial charge in [0.2, 0.25) is 0 Å². The normalized spacial score (nSPS) is 10.2. The molecule has 4 heteroatoms. The Morgan fingerprint density at radius 1 is 0.941 bits per heavy atom. The van der Waals surface area contributed by atoms with Crippen LogP contribution in [0.1, 0.15) is 13.8 Å². The number of aromatic nitrogens is 3. The maximum absolute atomic E-state index is 4.13. The van der Waals surface area contributed by atoms with E-state index in [4.69, 9.17) is 0 Å². The van der Waals surface area contributed by atoms with Gasteiger partial charge in [-0.15, -0.1) is 0 Å². The topological polar surface area (TPSA) is 41.9 Å². The van der Waals surface area contributed by atoms with E-state index < -0.39 is 0 Å². The van der Waals surface area contributed by atoms with E-state index >= 15 is 0 Å². The predicted molar refractivity (Wildman–Crippen MR) is 68.8 cm³/mol. The fourth-order valence-corrected chi connectivity index (χ4v) is 1.80. The second-order valence-corrected chi connectivity index (χ2v) is 3.68. The molecule has 0 aliphatic heterocycles. The first-order valence-electron chi connectivity index (χ1n) is 5.82. The highest BCUT2D eigenvalue weighted by atomic mass is 15.1. The number of benzene rings is 1. The molecule has 88 valence electrons. The lowest BCUT2D eigenvalue weighted by Crippen LogP contribution is -2.21. The van der Waals surface area contributed by atoms with Crippen LogP contribution in [0.4, 0.5) is 5.69 Å². The van der Waals surface area contributed by atoms with Gasteiger partial charge in [-0.3, -0.25) is 0 Å². The van der Waals surface area contributed by atoms with Crippen LogP contribution in [-0.4, -0.2) is 28.0 Å². The van der Waals surface area contributed by atoms with E-state index in [0.717, 1.165) is 18.7 Å². The molecule has 0 amide bonds. The van der Waals surface area contributed by atoms with Gasteiger partial charge in [0.15, 0.2) is 5.82 Å². The zero-order valence-electron chi connectivity index (χ0n) is 10.2. The Balaban J connectivity index is 2.24. The van der Waals surface area contributed by atoms with Gasteiger partial charge >= 0.3 is 0 Å². The average Bonchev–Trinajstić information content (AvgIpc) is 2.42. The van der Waals surface area contributed by atoms with E-state index in [2.05, 4.69) is 45.8 Å². The van der Waals surface area contributed by atoms with Crippen LogP contribution in [0.15, 0.2) is 36.9 Å². The highest BCUT2D eigenvalue weighted by Crippen LogP contribution is 2.19. The molecular formula is C13H16N4. The van der Waals surface area contributed by atoms with Crippen LogP contribution >= 0.6 is 0 Å². The van der Waals surface area contributed by atoms with Gasteiger partial charge in [0.1, 0.15) is 12.7 Å². The molecule has 2 aromatic rings. The molecule has 0 saturated carbocycles. The van der Waals surface area contributed by atoms with Crippen molar-refractivity contribution in [1.29, 1.82) is 0 Å². The number of hydrogen-bond donors (Lipinski definition) is 0. The lowest BCUT2D eigenvalue weighted by molar-refractivity contribution is 0.866. The maximum atomic E-state index is 4.13. The molecule has 1 heterocycles. The SMILES string of the molecule is CCN(CC)c1ccc(-c2ncncn2)cc1. The molecule has 0 spiro atoms. The van der Waals surface area contributed by atoms with Crippen molar-refractivity contribution in [1.82, 2.24) is 15.0 Å². The summed E-state index contributed by atoms with van der Waals surface area (Å²) in [4.78, 5) is 14.4. The maximum Gasteiger partial charge on any atom is 0.162 e. The molecular weight excluding hydrogens is 212 g/mol. The molecule has 0 aliphatic carbocycles. The van der Waals surface area contributed by atoms with Gasteiger partial charge in [0.25, 0.3) is 0 Å². The van der Waals surface area contributed by atoms with Gasteiger partial charge in [-0.05, 0) is 38.1 Å². The lowest BCUT2D eigenvalue weighted by Gasteiger charge is -2.20. The average molecular weight is 228 g/mol. The second-order valence-electron chi connectivity index (χ2n) is 3.68. The summed E-state index contributed by atoms with van der Waals surface area (Å²) in [6.07, 6.45) is 3.03. The van der Waals surface area contributed by atoms with Crippen molar-refractivity contribution in [3.63, 3.8) is 0 Å². The quantitative estimate of drug-likeness (QED) is 0.805. The fraction of sp³-hybridized carbons (Fsp3) is 0.308. The van der Waals surface area contributed by atoms with Crippen LogP contribution in [-0.2, 0) is 0 Å². The molecule has 0 atom stereocenters. The first-order valence-corrected chi connectivity index (χ1v) is 5.82. The number of hydrogen-bond acceptors (Lipinski definition) is 4. The van der Waals surface area contributed by atoms with E-state index in [-0.39, 0.29) is 0 Å². The van der Waals surface area contributed by atoms with Gasteiger partial charge in [-0.1, -0.05) is 0 Å². The smallest absolute Gasteiger partial charge is 0.162 e. The van der Waals surface area contributed by atoms with E-state index in [1.807, 2.05) is 12.1 Å². The Bertz CT molecular complexity index is 449. The van der Waals surface area contributed by atoms with Crippen molar-refractivity contribution >= 4 is 5.69 Å². The van der Waals surface area contributed by atoms with Crippen molar-refractivity contribution in [3.05, 3.63) is 36.9 Å². The summed E-state index contributed by atoms with van der Waals surface area (Å²) in [5.74, 6) is 0.714. The summed E-state index contributed by atoms with van der Waals surface area (Å²) in [7, 11) is 0. The first kappa shape index (κ1) is 11.5. The number of nitrogens with zero attached hydrogens (tertiary/aromatic N) is 4. The molecule has 0 fully saturated rings. The Morgan fingerprint density at radius 3 is 2.06 bits per heavy atom. The molecule has 0 aliphatic rings. The number of rotatable bonds is 4. The van der Waals surface area contributed by atoms with Gasteiger partial charge in [-0.2, -0.15) is 0 Å². The molecule has 0 bridgehead atoms. The summed E-state index contributed by atoms with van der Waals surface area (Å²) >= 11 is 0. The molecule has 1 aromatic carbocycles. The summed E-state index contributed by atoms with van der Waals surface area (Å²) in [6.45, 7) is 6.34. The second kappa shape index (κ2) is 5.39. The van der Waals surface area contributed by atoms with Crippen molar-refractivity contribution in [2.75, 3.05) is 18.0 Å². The monoisotopic (exact) mass is 228 g/mol. The zero-order valence-corrected chi connectivity index (χ0v) is 10.2. The lowest BCUT2D eigenvalue weighted by atomic mass is 10.2. The van der Waals surface area contributed by atoms with E-state index in [1.54, 1.807) is 0 Å². The van der Waals surface area contributed by atoms with Gasteiger partial charge < -0.3 is 4.90 Å². The molecule has 1 aromatic heterocycles. The minimum absolute atomic E-state index is 0.714. The molecule has 4 nitrogen and oxygen atoms in total. The Morgan fingerprint density at radius 2 is 1.53 bits per heavy atom. The molecule has 0 saturated heterocycles. The van der Waals surface area contributed by atoms with Crippen LogP contribution in [0.25, 0.3) is 11.4 Å². The predicted octanol–water partition coefficient (Wildman–Crippen LogP) is 2.38. The highest BCUT2D eigenvalue weighted by molar-refractivity contribution is 5.60. The van der Waals surface area contributed by atoms with E-state index in [0.29, 0.717) is 5.82 Å². The minimum Gasteiger partial charge on any atom is -0.372 e. The molecule has 17 heavy (non-hydrogen) atoms. The fourth-order valence-electron chi connectivity index (χ4n) is 1.80. The first-order chi connectivity index (χ1) is 8.35. The van der Waals surface area contributed by atoms with Crippen LogP contribution < -0.4 is 4.90 Å². The summed E-state index contributed by atoms with van der Waals surface area (Å²) in [6, 6.07) is 8.30. The van der Waals surface area contributed by atoms with Crippen LogP contribution in [0.3, 0.4) is 0 Å². The largest absolute Gasteiger partial charge is 0.372 e. The zero-order chi connectivity index (χ0) is 12.1. The third-order valence-corrected chi connectivity index (χ3v) is 2.75. The summed E-state index contributed by atoms with van der Waals surface area (Å²) in [5.41, 5.74) is 2.25. The van der Waals surface area contributed by atoms with Crippen molar-refractivity contribution in [2.24, 2.45) is 0 Å². The Kier molecular flexibility index (Phi) is 3.65. The molecule has 0 N–H and O–H groups in total. The summed E-state index contributed by atoms with van der Waals surface area (Å²) in [5, 5.41) is 0. The van der Waals surface area contributed by atoms with Gasteiger partial charge in [0, 0.05) is 24.3 Å². The summed E-state index contributed by atoms with van der Waals surface area (Å²) < 4.78 is 0. The third-order valence-electron chi connectivity index (χ3n) is 2.75. The molecule has 2 rings (SSSR count). The van der Waals surface area contributed by atoms with E-state index in [9.17, 15) is 0 Å². The van der Waals surface area contributed by atoms with E-state index in [1.165, 1.54) is 18.3 Å². The van der Waals surface area contributed by atoms with Crippen molar-refractivity contribution < 1.29 is 0 Å². The molecule has 0 unspecified atom stereocenters.